The molecule has 2 aliphatic rings. The van der Waals surface area contributed by atoms with Gasteiger partial charge in [0, 0.05) is 59.6 Å². The first-order valence-electron chi connectivity index (χ1n) is 32.6. The van der Waals surface area contributed by atoms with Gasteiger partial charge in [0.15, 0.2) is 0 Å². The topological polar surface area (TPSA) is 41.6 Å². The van der Waals surface area contributed by atoms with E-state index in [2.05, 4.69) is 351 Å². The number of fused-ring (bicyclic) bond motifs is 12. The van der Waals surface area contributed by atoms with Crippen molar-refractivity contribution in [2.75, 3.05) is 10.2 Å². The quantitative estimate of drug-likeness (QED) is 0.156. The summed E-state index contributed by atoms with van der Waals surface area (Å²) in [6.07, 6.45) is 0. The van der Waals surface area contributed by atoms with Crippen LogP contribution in [0.15, 0.2) is 341 Å². The first-order chi connectivity index (χ1) is 46.5. The summed E-state index contributed by atoms with van der Waals surface area (Å²) in [5, 5.41) is 8.19. The highest BCUT2D eigenvalue weighted by Gasteiger charge is 2.41. The molecule has 0 atom stereocenters. The molecule has 2 aliphatic carbocycles. The van der Waals surface area contributed by atoms with Crippen molar-refractivity contribution >= 4 is 88.2 Å². The van der Waals surface area contributed by atoms with Crippen LogP contribution in [0.2, 0.25) is 0 Å². The molecule has 0 spiro atoms. The van der Waals surface area contributed by atoms with Crippen molar-refractivity contribution < 1.29 is 8.83 Å². The van der Waals surface area contributed by atoms with Crippen LogP contribution in [0, 0.1) is 0 Å². The van der Waals surface area contributed by atoms with Gasteiger partial charge in [0.25, 0.3) is 0 Å². The van der Waals surface area contributed by atoms with E-state index >= 15 is 0 Å². The van der Waals surface area contributed by atoms with Gasteiger partial charge in [0.1, 0.15) is 22.3 Å². The minimum atomic E-state index is -0.236. The number of nitrogens with one attached hydrogen (secondary N) is 1. The smallest absolute Gasteiger partial charge is 0.136 e. The lowest BCUT2D eigenvalue weighted by molar-refractivity contribution is 0.655. The molecule has 4 nitrogen and oxygen atoms in total. The van der Waals surface area contributed by atoms with Gasteiger partial charge < -0.3 is 19.1 Å². The minimum absolute atomic E-state index is 0.0165. The first kappa shape index (κ1) is 58.8. The third-order valence-corrected chi connectivity index (χ3v) is 19.9. The molecule has 0 saturated carbocycles. The van der Waals surface area contributed by atoms with E-state index in [4.69, 9.17) is 8.83 Å². The fourth-order valence-corrected chi connectivity index (χ4v) is 15.4. The molecule has 0 bridgehead atoms. The Kier molecular flexibility index (Phi) is 15.1. The van der Waals surface area contributed by atoms with Crippen molar-refractivity contribution in [2.45, 2.75) is 38.5 Å². The lowest BCUT2D eigenvalue weighted by Crippen LogP contribution is -2.20. The highest BCUT2D eigenvalue weighted by atomic mass is 79.9. The van der Waals surface area contributed by atoms with Crippen LogP contribution >= 0.6 is 15.9 Å². The number of hydrogen-bond donors (Lipinski definition) is 1. The molecule has 0 fully saturated rings. The molecule has 0 unspecified atom stereocenters. The molecule has 14 aromatic carbocycles. The zero-order valence-electron chi connectivity index (χ0n) is 53.3. The lowest BCUT2D eigenvalue weighted by Gasteiger charge is -2.32. The molecule has 0 amide bonds. The molecular weight excluding hydrogens is 1220 g/mol. The van der Waals surface area contributed by atoms with E-state index < -0.39 is 0 Å². The van der Waals surface area contributed by atoms with E-state index in [-0.39, 0.29) is 10.8 Å². The second-order valence-electron chi connectivity index (χ2n) is 25.8. The molecule has 2 aromatic heterocycles. The maximum Gasteiger partial charge on any atom is 0.136 e. The molecule has 0 saturated heterocycles. The average Bonchev–Trinajstić information content (AvgIpc) is 1.57. The van der Waals surface area contributed by atoms with Gasteiger partial charge in [-0.2, -0.15) is 0 Å². The van der Waals surface area contributed by atoms with Crippen molar-refractivity contribution in [1.29, 1.82) is 0 Å². The number of rotatable bonds is 9. The van der Waals surface area contributed by atoms with Crippen LogP contribution in [-0.4, -0.2) is 0 Å². The standard InChI is InChI=1S/C45H33NO.C24H19N.C21H15BrO/c1-45(2)40-28-39-36-16-9-10-19-42(36)47-43(39)29-38(40)37-17-11-18-41(44(37)45)46(34-24-20-32(21-25-34)30-12-5-3-6-13-30)35-26-22-33(23-27-35)31-14-7-4-8-15-31;1-3-7-19(8-4-1)21-11-15-23(16-12-21)25-24-17-13-22(14-18-24)20-9-5-2-6-10-20;1-21(2)16-10-15-12-6-3-4-9-18(12)23-19(15)11-14(16)13-7-5-8-17(22)20(13)21/h3-29H,1-2H3;1-18,25H;3-11H,1-2H3. The molecule has 456 valence electrons. The van der Waals surface area contributed by atoms with Gasteiger partial charge in [0.2, 0.25) is 0 Å². The van der Waals surface area contributed by atoms with Crippen LogP contribution in [0.25, 0.3) is 111 Å². The van der Waals surface area contributed by atoms with E-state index in [9.17, 15) is 0 Å². The van der Waals surface area contributed by atoms with Gasteiger partial charge in [-0.15, -0.1) is 0 Å². The Bertz CT molecular complexity index is 5300. The predicted molar refractivity (Wildman–Crippen MR) is 403 cm³/mol. The Morgan fingerprint density at radius 2 is 0.621 bits per heavy atom. The zero-order chi connectivity index (χ0) is 64.2. The summed E-state index contributed by atoms with van der Waals surface area (Å²) >= 11 is 3.74. The molecule has 5 heteroatoms. The fourth-order valence-electron chi connectivity index (χ4n) is 14.5. The minimum Gasteiger partial charge on any atom is -0.456 e. The molecule has 1 N–H and O–H groups in total. The molecule has 18 rings (SSSR count). The van der Waals surface area contributed by atoms with Crippen molar-refractivity contribution in [3.63, 3.8) is 0 Å². The van der Waals surface area contributed by atoms with Gasteiger partial charge in [0.05, 0.1) is 5.69 Å². The van der Waals surface area contributed by atoms with E-state index in [1.807, 2.05) is 30.3 Å². The molecule has 95 heavy (non-hydrogen) atoms. The van der Waals surface area contributed by atoms with Crippen LogP contribution in [0.4, 0.5) is 28.4 Å². The number of anilines is 5. The highest BCUT2D eigenvalue weighted by molar-refractivity contribution is 9.10. The van der Waals surface area contributed by atoms with Crippen molar-refractivity contribution in [2.24, 2.45) is 0 Å². The fraction of sp³-hybridized carbons (Fsp3) is 0.0667. The van der Waals surface area contributed by atoms with Gasteiger partial charge in [-0.1, -0.05) is 274 Å². The van der Waals surface area contributed by atoms with Crippen LogP contribution in [-0.2, 0) is 10.8 Å². The Hall–Kier alpha value is -11.2. The molecule has 0 radical (unpaired) electrons. The third-order valence-electron chi connectivity index (χ3n) is 19.2. The predicted octanol–water partition coefficient (Wildman–Crippen LogP) is 26.1. The molecule has 16 aromatic rings. The molecule has 0 aliphatic heterocycles. The summed E-state index contributed by atoms with van der Waals surface area (Å²) in [5.41, 5.74) is 29.4. The van der Waals surface area contributed by atoms with Crippen molar-refractivity contribution in [3.8, 4) is 66.8 Å². The Labute approximate surface area is 563 Å². The Morgan fingerprint density at radius 1 is 0.284 bits per heavy atom. The van der Waals surface area contributed by atoms with Gasteiger partial charge in [-0.05, 0) is 186 Å². The summed E-state index contributed by atoms with van der Waals surface area (Å²) in [4.78, 5) is 2.43. The van der Waals surface area contributed by atoms with Crippen LogP contribution in [0.5, 0.6) is 0 Å². The highest BCUT2D eigenvalue weighted by Crippen LogP contribution is 2.57. The summed E-state index contributed by atoms with van der Waals surface area (Å²) in [6.45, 7) is 9.34. The Morgan fingerprint density at radius 3 is 1.03 bits per heavy atom. The maximum absolute atomic E-state index is 6.36. The Balaban J connectivity index is 0.000000124. The van der Waals surface area contributed by atoms with E-state index in [0.29, 0.717) is 0 Å². The number of hydrogen-bond acceptors (Lipinski definition) is 4. The number of nitrogens with zero attached hydrogens (tertiary/aromatic N) is 1. The van der Waals surface area contributed by atoms with Crippen LogP contribution in [0.3, 0.4) is 0 Å². The van der Waals surface area contributed by atoms with Crippen molar-refractivity contribution in [1.82, 2.24) is 0 Å². The van der Waals surface area contributed by atoms with E-state index in [0.717, 1.165) is 50.5 Å². The van der Waals surface area contributed by atoms with E-state index in [1.165, 1.54) is 115 Å². The van der Waals surface area contributed by atoms with E-state index in [1.54, 1.807) is 0 Å². The van der Waals surface area contributed by atoms with Gasteiger partial charge in [-0.3, -0.25) is 0 Å². The molecular formula is C90H67BrN2O2. The van der Waals surface area contributed by atoms with Crippen LogP contribution in [0.1, 0.15) is 49.9 Å². The van der Waals surface area contributed by atoms with Gasteiger partial charge >= 0.3 is 0 Å². The SMILES string of the molecule is CC1(C)c2cc3c(cc2-c2cccc(Br)c21)oc1ccccc13.CC1(C)c2cc3c(cc2-c2cccc(N(c4ccc(-c5ccccc5)cc4)c4ccc(-c5ccccc5)cc4)c21)oc1ccccc13.c1ccc(-c2ccc(Nc3ccc(-c4ccccc4)cc3)cc2)cc1. The summed E-state index contributed by atoms with van der Waals surface area (Å²) in [5.74, 6) is 0. The van der Waals surface area contributed by atoms with Gasteiger partial charge in [-0.25, -0.2) is 0 Å². The number of furan rings is 2. The first-order valence-corrected chi connectivity index (χ1v) is 33.3. The lowest BCUT2D eigenvalue weighted by atomic mass is 9.80. The third kappa shape index (κ3) is 10.9. The number of benzene rings is 14. The normalized spacial score (nSPS) is 12.9. The van der Waals surface area contributed by atoms with Crippen molar-refractivity contribution in [3.05, 3.63) is 354 Å². The second kappa shape index (κ2) is 24.3. The molecule has 2 heterocycles. The largest absolute Gasteiger partial charge is 0.456 e. The maximum atomic E-state index is 6.36. The zero-order valence-corrected chi connectivity index (χ0v) is 54.9. The average molecular weight is 1290 g/mol. The summed E-state index contributed by atoms with van der Waals surface area (Å²) in [7, 11) is 0. The van der Waals surface area contributed by atoms with Crippen LogP contribution < -0.4 is 10.2 Å². The monoisotopic (exact) mass is 1290 g/mol. The second-order valence-corrected chi connectivity index (χ2v) is 26.6. The number of halogens is 1. The summed E-state index contributed by atoms with van der Waals surface area (Å²) in [6, 6.07) is 116. The summed E-state index contributed by atoms with van der Waals surface area (Å²) < 4.78 is 13.6. The number of para-hydroxylation sites is 2.